The Morgan fingerprint density at radius 1 is 0.530 bits per heavy atom. The first-order valence-corrected chi connectivity index (χ1v) is 27.3. The fraction of sp³-hybridized carbons (Fsp3) is 0.907. The largest absolute Gasteiger partial charge is 0.394 e. The highest BCUT2D eigenvalue weighted by atomic mass is 16.7. The molecule has 390 valence electrons. The van der Waals surface area contributed by atoms with Crippen molar-refractivity contribution in [3.63, 3.8) is 0 Å². The third kappa shape index (κ3) is 31.6. The van der Waals surface area contributed by atoms with Crippen molar-refractivity contribution in [1.82, 2.24) is 5.32 Å². The van der Waals surface area contributed by atoms with Gasteiger partial charge in [0.25, 0.3) is 0 Å². The monoisotopic (exact) mass is 942 g/mol. The van der Waals surface area contributed by atoms with E-state index in [0.717, 1.165) is 38.5 Å². The van der Waals surface area contributed by atoms with Crippen LogP contribution < -0.4 is 5.32 Å². The predicted molar refractivity (Wildman–Crippen MR) is 267 cm³/mol. The van der Waals surface area contributed by atoms with Gasteiger partial charge in [0.15, 0.2) is 6.29 Å². The first-order valence-electron chi connectivity index (χ1n) is 27.3. The van der Waals surface area contributed by atoms with Crippen LogP contribution in [-0.2, 0) is 14.3 Å². The van der Waals surface area contributed by atoms with E-state index in [0.29, 0.717) is 12.8 Å². The molecule has 10 unspecified atom stereocenters. The Hall–Kier alpha value is -1.45. The maximum absolute atomic E-state index is 13.1. The minimum absolute atomic E-state index is 0.200. The van der Waals surface area contributed by atoms with Crippen molar-refractivity contribution >= 4 is 5.91 Å². The maximum atomic E-state index is 13.1. The molecule has 66 heavy (non-hydrogen) atoms. The van der Waals surface area contributed by atoms with Gasteiger partial charge in [-0.3, -0.25) is 4.79 Å². The number of allylic oxidation sites excluding steroid dienone is 3. The molecule has 1 aliphatic rings. The lowest BCUT2D eigenvalue weighted by molar-refractivity contribution is -0.303. The number of unbranched alkanes of at least 4 members (excludes halogenated alkanes) is 31. The van der Waals surface area contributed by atoms with Crippen LogP contribution in [0.15, 0.2) is 24.3 Å². The van der Waals surface area contributed by atoms with Gasteiger partial charge in [0.1, 0.15) is 48.8 Å². The molecule has 0 spiro atoms. The van der Waals surface area contributed by atoms with Crippen molar-refractivity contribution in [1.29, 1.82) is 0 Å². The number of aliphatic hydroxyl groups excluding tert-OH is 8. The first kappa shape index (κ1) is 62.6. The molecule has 0 aromatic heterocycles. The molecule has 1 saturated heterocycles. The predicted octanol–water partition coefficient (Wildman–Crippen LogP) is 9.54. The number of hydrogen-bond acceptors (Lipinski definition) is 11. The number of ether oxygens (including phenoxy) is 2. The van der Waals surface area contributed by atoms with Gasteiger partial charge in [-0.25, -0.2) is 0 Å². The Kier molecular flexibility index (Phi) is 41.3. The highest BCUT2D eigenvalue weighted by Gasteiger charge is 2.45. The van der Waals surface area contributed by atoms with Gasteiger partial charge in [-0.15, -0.1) is 0 Å². The lowest BCUT2D eigenvalue weighted by Gasteiger charge is -2.40. The van der Waals surface area contributed by atoms with Crippen LogP contribution >= 0.6 is 0 Å². The van der Waals surface area contributed by atoms with Crippen molar-refractivity contribution < 1.29 is 55.1 Å². The zero-order valence-corrected chi connectivity index (χ0v) is 42.0. The summed E-state index contributed by atoms with van der Waals surface area (Å²) in [4.78, 5) is 13.1. The average molecular weight is 942 g/mol. The Morgan fingerprint density at radius 3 is 1.35 bits per heavy atom. The molecule has 0 aromatic rings. The van der Waals surface area contributed by atoms with Crippen LogP contribution in [0.2, 0.25) is 0 Å². The third-order valence-electron chi connectivity index (χ3n) is 13.3. The summed E-state index contributed by atoms with van der Waals surface area (Å²) >= 11 is 0. The van der Waals surface area contributed by atoms with Crippen LogP contribution in [0, 0.1) is 0 Å². The van der Waals surface area contributed by atoms with Crippen LogP contribution in [0.1, 0.15) is 239 Å². The summed E-state index contributed by atoms with van der Waals surface area (Å²) in [5.41, 5.74) is 0. The lowest BCUT2D eigenvalue weighted by Crippen LogP contribution is -2.60. The van der Waals surface area contributed by atoms with Crippen LogP contribution in [0.3, 0.4) is 0 Å². The Balaban J connectivity index is 2.33. The summed E-state index contributed by atoms with van der Waals surface area (Å²) in [5, 5.41) is 86.4. The molecule has 10 atom stereocenters. The summed E-state index contributed by atoms with van der Waals surface area (Å²) in [7, 11) is 0. The SMILES string of the molecule is CCCCCCCCC=CCCCCCCCCCCCCCCCCCCC(O)C(=O)NC(COC1OC(CO)C(O)C(O)C1O)C(O)C(O)C(O)C=CCCCCCCCCCCC. The van der Waals surface area contributed by atoms with Crippen molar-refractivity contribution in [2.45, 2.75) is 300 Å². The van der Waals surface area contributed by atoms with E-state index in [4.69, 9.17) is 9.47 Å². The van der Waals surface area contributed by atoms with E-state index in [-0.39, 0.29) is 6.42 Å². The molecule has 0 aromatic carbocycles. The normalized spacial score (nSPS) is 21.4. The van der Waals surface area contributed by atoms with Gasteiger partial charge in [0.05, 0.1) is 19.3 Å². The van der Waals surface area contributed by atoms with E-state index in [1.54, 1.807) is 6.08 Å². The van der Waals surface area contributed by atoms with Crippen molar-refractivity contribution in [2.24, 2.45) is 0 Å². The fourth-order valence-electron chi connectivity index (χ4n) is 8.75. The average Bonchev–Trinajstić information content (AvgIpc) is 3.32. The molecule has 1 aliphatic heterocycles. The number of aliphatic hydroxyl groups is 8. The van der Waals surface area contributed by atoms with E-state index in [1.807, 2.05) is 0 Å². The van der Waals surface area contributed by atoms with Gasteiger partial charge < -0.3 is 55.6 Å². The van der Waals surface area contributed by atoms with E-state index in [2.05, 4.69) is 31.3 Å². The van der Waals surface area contributed by atoms with Crippen LogP contribution in [0.5, 0.6) is 0 Å². The summed E-state index contributed by atoms with van der Waals surface area (Å²) in [6.07, 6.45) is 35.4. The zero-order valence-electron chi connectivity index (χ0n) is 42.0. The van der Waals surface area contributed by atoms with E-state index < -0.39 is 80.3 Å². The van der Waals surface area contributed by atoms with Crippen LogP contribution in [0.25, 0.3) is 0 Å². The van der Waals surface area contributed by atoms with E-state index in [1.165, 1.54) is 173 Å². The summed E-state index contributed by atoms with van der Waals surface area (Å²) in [6.45, 7) is 3.24. The molecule has 1 fully saturated rings. The molecular formula is C54H103NO11. The number of nitrogens with one attached hydrogen (secondary N) is 1. The second kappa shape index (κ2) is 43.6. The molecule has 12 nitrogen and oxygen atoms in total. The van der Waals surface area contributed by atoms with Crippen LogP contribution in [-0.4, -0.2) is 121 Å². The Labute approximate surface area is 402 Å². The maximum Gasteiger partial charge on any atom is 0.249 e. The highest BCUT2D eigenvalue weighted by Crippen LogP contribution is 2.23. The number of rotatable bonds is 46. The molecule has 0 aliphatic carbocycles. The minimum atomic E-state index is -1.77. The van der Waals surface area contributed by atoms with Gasteiger partial charge in [-0.05, 0) is 44.9 Å². The Bertz CT molecular complexity index is 1140. The minimum Gasteiger partial charge on any atom is -0.394 e. The molecule has 0 bridgehead atoms. The van der Waals surface area contributed by atoms with E-state index in [9.17, 15) is 45.6 Å². The quantitative estimate of drug-likeness (QED) is 0.0207. The van der Waals surface area contributed by atoms with Crippen molar-refractivity contribution in [3.8, 4) is 0 Å². The molecule has 1 rings (SSSR count). The molecule has 12 heteroatoms. The molecule has 9 N–H and O–H groups in total. The van der Waals surface area contributed by atoms with E-state index >= 15 is 0 Å². The summed E-state index contributed by atoms with van der Waals surface area (Å²) < 4.78 is 11.0. The first-order chi connectivity index (χ1) is 32.1. The molecule has 1 amide bonds. The number of hydrogen-bond donors (Lipinski definition) is 9. The third-order valence-corrected chi connectivity index (χ3v) is 13.3. The van der Waals surface area contributed by atoms with Gasteiger partial charge in [0.2, 0.25) is 5.91 Å². The standard InChI is InChI=1S/C54H103NO11/c1-3-5-7-9-11-13-15-16-17-18-19-20-21-22-23-24-25-26-27-28-29-31-33-35-37-39-41-46(58)53(64)55-44(43-65-54-52(63)51(62)50(61)47(42-56)66-54)48(59)49(60)45(57)40-38-36-34-32-30-14-12-10-8-6-4-2/h16-17,38,40,44-52,54,56-63H,3-15,18-37,39,41-43H2,1-2H3,(H,55,64). The number of amides is 1. The summed E-state index contributed by atoms with van der Waals surface area (Å²) in [5.74, 6) is -0.795. The van der Waals surface area contributed by atoms with Crippen molar-refractivity contribution in [2.75, 3.05) is 13.2 Å². The zero-order chi connectivity index (χ0) is 48.5. The Morgan fingerprint density at radius 2 is 0.924 bits per heavy atom. The molecular weight excluding hydrogens is 839 g/mol. The molecule has 0 saturated carbocycles. The molecule has 1 heterocycles. The second-order valence-electron chi connectivity index (χ2n) is 19.4. The summed E-state index contributed by atoms with van der Waals surface area (Å²) in [6, 6.07) is -1.37. The highest BCUT2D eigenvalue weighted by molar-refractivity contribution is 5.80. The molecule has 0 radical (unpaired) electrons. The van der Waals surface area contributed by atoms with Crippen molar-refractivity contribution in [3.05, 3.63) is 24.3 Å². The fourth-order valence-corrected chi connectivity index (χ4v) is 8.75. The van der Waals surface area contributed by atoms with Crippen LogP contribution in [0.4, 0.5) is 0 Å². The van der Waals surface area contributed by atoms with Gasteiger partial charge in [0, 0.05) is 0 Å². The smallest absolute Gasteiger partial charge is 0.249 e. The number of carbonyl (C=O) groups excluding carboxylic acids is 1. The second-order valence-corrected chi connectivity index (χ2v) is 19.4. The van der Waals surface area contributed by atoms with Gasteiger partial charge >= 0.3 is 0 Å². The van der Waals surface area contributed by atoms with Gasteiger partial charge in [-0.1, -0.05) is 218 Å². The van der Waals surface area contributed by atoms with Gasteiger partial charge in [-0.2, -0.15) is 0 Å². The topological polar surface area (TPSA) is 209 Å². The lowest BCUT2D eigenvalue weighted by atomic mass is 9.98. The number of carbonyl (C=O) groups is 1.